The fraction of sp³-hybridized carbons (Fsp3) is 0.316. The average Bonchev–Trinajstić information content (AvgIpc) is 2.64. The lowest BCUT2D eigenvalue weighted by molar-refractivity contribution is -0.136. The summed E-state index contributed by atoms with van der Waals surface area (Å²) >= 11 is 0. The highest BCUT2D eigenvalue weighted by Crippen LogP contribution is 2.29. The smallest absolute Gasteiger partial charge is 0.391 e. The second kappa shape index (κ2) is 9.59. The number of hydrogen-bond acceptors (Lipinski definition) is 6. The van der Waals surface area contributed by atoms with Crippen molar-refractivity contribution < 1.29 is 39.9 Å². The van der Waals surface area contributed by atoms with Gasteiger partial charge in [0.05, 0.1) is 12.5 Å². The van der Waals surface area contributed by atoms with E-state index >= 15 is 0 Å². The SMILES string of the molecule is CC(F)(F)c1ncc(C(=O)N[C@H](/C=C/S(C)(=O)=O)CC(F)(F)F)c(Oc2ccccc2)n1. The molecule has 1 atom stereocenters. The van der Waals surface area contributed by atoms with Gasteiger partial charge in [-0.05, 0) is 12.1 Å². The molecule has 0 saturated carbocycles. The third-order valence-corrected chi connectivity index (χ3v) is 4.33. The Morgan fingerprint density at radius 3 is 2.34 bits per heavy atom. The van der Waals surface area contributed by atoms with E-state index in [4.69, 9.17) is 4.74 Å². The van der Waals surface area contributed by atoms with Gasteiger partial charge in [0.2, 0.25) is 11.7 Å². The number of halogens is 5. The summed E-state index contributed by atoms with van der Waals surface area (Å²) in [6.45, 7) is 0.518. The van der Waals surface area contributed by atoms with Crippen molar-refractivity contribution in [1.82, 2.24) is 15.3 Å². The lowest BCUT2D eigenvalue weighted by Gasteiger charge is -2.18. The first-order valence-corrected chi connectivity index (χ1v) is 10.8. The molecule has 13 heteroatoms. The van der Waals surface area contributed by atoms with Gasteiger partial charge in [0, 0.05) is 24.8 Å². The number of carbonyl (C=O) groups is 1. The first-order valence-electron chi connectivity index (χ1n) is 8.88. The molecule has 1 N–H and O–H groups in total. The molecular formula is C19H18F5N3O4S. The monoisotopic (exact) mass is 479 g/mol. The van der Waals surface area contributed by atoms with E-state index in [-0.39, 0.29) is 5.75 Å². The van der Waals surface area contributed by atoms with Gasteiger partial charge in [0.15, 0.2) is 9.84 Å². The number of sulfone groups is 1. The number of carbonyl (C=O) groups excluding carboxylic acids is 1. The van der Waals surface area contributed by atoms with Gasteiger partial charge in [-0.1, -0.05) is 24.3 Å². The number of aromatic nitrogens is 2. The summed E-state index contributed by atoms with van der Waals surface area (Å²) < 4.78 is 93.8. The Bertz CT molecular complexity index is 1080. The van der Waals surface area contributed by atoms with Crippen molar-refractivity contribution in [3.8, 4) is 11.6 Å². The molecule has 174 valence electrons. The standard InChI is InChI=1S/C19H18F5N3O4S/c1-18(20,21)17-25-11-14(16(27-17)31-13-6-4-3-5-7-13)15(28)26-12(10-19(22,23)24)8-9-32(2,29)30/h3-9,11-12H,10H2,1-2H3,(H,26,28)/b9-8+/t12-/m1/s1. The molecule has 0 unspecified atom stereocenters. The van der Waals surface area contributed by atoms with Crippen molar-refractivity contribution >= 4 is 15.7 Å². The van der Waals surface area contributed by atoms with Crippen LogP contribution in [0.5, 0.6) is 11.6 Å². The number of benzene rings is 1. The minimum Gasteiger partial charge on any atom is -0.438 e. The van der Waals surface area contributed by atoms with Crippen LogP contribution in [-0.4, -0.2) is 42.8 Å². The molecule has 0 fully saturated rings. The Labute approximate surface area is 180 Å². The molecule has 0 radical (unpaired) electrons. The summed E-state index contributed by atoms with van der Waals surface area (Å²) in [5, 5.41) is 2.51. The van der Waals surface area contributed by atoms with E-state index in [1.165, 1.54) is 12.1 Å². The second-order valence-corrected chi connectivity index (χ2v) is 8.70. The number of alkyl halides is 5. The Hall–Kier alpha value is -3.09. The summed E-state index contributed by atoms with van der Waals surface area (Å²) in [6, 6.07) is 5.86. The third kappa shape index (κ3) is 8.21. The zero-order valence-corrected chi connectivity index (χ0v) is 17.5. The number of hydrogen-bond donors (Lipinski definition) is 1. The second-order valence-electron chi connectivity index (χ2n) is 6.77. The van der Waals surface area contributed by atoms with Crippen LogP contribution in [0.15, 0.2) is 48.0 Å². The quantitative estimate of drug-likeness (QED) is 0.575. The van der Waals surface area contributed by atoms with Crippen molar-refractivity contribution in [2.75, 3.05) is 6.26 Å². The third-order valence-electron chi connectivity index (χ3n) is 3.67. The van der Waals surface area contributed by atoms with Crippen LogP contribution in [0, 0.1) is 0 Å². The van der Waals surface area contributed by atoms with Gasteiger partial charge >= 0.3 is 12.1 Å². The van der Waals surface area contributed by atoms with Crippen LogP contribution >= 0.6 is 0 Å². The molecule has 0 aliphatic carbocycles. The maximum absolute atomic E-state index is 13.6. The van der Waals surface area contributed by atoms with Crippen LogP contribution in [0.2, 0.25) is 0 Å². The lowest BCUT2D eigenvalue weighted by atomic mass is 10.2. The van der Waals surface area contributed by atoms with Gasteiger partial charge < -0.3 is 10.1 Å². The molecule has 1 heterocycles. The maximum Gasteiger partial charge on any atom is 0.391 e. The summed E-state index contributed by atoms with van der Waals surface area (Å²) in [5.41, 5.74) is -0.526. The fourth-order valence-electron chi connectivity index (χ4n) is 2.31. The van der Waals surface area contributed by atoms with E-state index in [1.807, 2.05) is 5.32 Å². The molecule has 0 aliphatic rings. The number of nitrogens with zero attached hydrogens (tertiary/aromatic N) is 2. The van der Waals surface area contributed by atoms with Crippen LogP contribution in [0.4, 0.5) is 22.0 Å². The highest BCUT2D eigenvalue weighted by Gasteiger charge is 2.34. The topological polar surface area (TPSA) is 98.2 Å². The minimum atomic E-state index is -4.74. The molecule has 2 rings (SSSR count). The first-order chi connectivity index (χ1) is 14.6. The highest BCUT2D eigenvalue weighted by molar-refractivity contribution is 7.93. The normalized spacial score (nSPS) is 13.7. The van der Waals surface area contributed by atoms with Gasteiger partial charge in [0.1, 0.15) is 11.3 Å². The molecule has 1 amide bonds. The summed E-state index contributed by atoms with van der Waals surface area (Å²) in [4.78, 5) is 19.6. The van der Waals surface area contributed by atoms with Crippen molar-refractivity contribution in [3.63, 3.8) is 0 Å². The molecule has 0 spiro atoms. The Morgan fingerprint density at radius 1 is 1.19 bits per heavy atom. The predicted molar refractivity (Wildman–Crippen MR) is 104 cm³/mol. The molecular weight excluding hydrogens is 461 g/mol. The van der Waals surface area contributed by atoms with Crippen LogP contribution in [0.25, 0.3) is 0 Å². The predicted octanol–water partition coefficient (Wildman–Crippen LogP) is 3.99. The maximum atomic E-state index is 13.6. The van der Waals surface area contributed by atoms with E-state index in [0.717, 1.165) is 6.26 Å². The zero-order valence-electron chi connectivity index (χ0n) is 16.7. The number of ether oxygens (including phenoxy) is 1. The fourth-order valence-corrected chi connectivity index (χ4v) is 2.79. The van der Waals surface area contributed by atoms with Gasteiger partial charge in [-0.25, -0.2) is 13.4 Å². The summed E-state index contributed by atoms with van der Waals surface area (Å²) in [5.74, 6) is -6.13. The van der Waals surface area contributed by atoms with Crippen molar-refractivity contribution in [1.29, 1.82) is 0 Å². The zero-order chi connectivity index (χ0) is 24.2. The van der Waals surface area contributed by atoms with Gasteiger partial charge in [-0.3, -0.25) is 4.79 Å². The molecule has 1 aromatic carbocycles. The van der Waals surface area contributed by atoms with Gasteiger partial charge in [-0.2, -0.15) is 26.9 Å². The van der Waals surface area contributed by atoms with Crippen molar-refractivity contribution in [2.24, 2.45) is 0 Å². The summed E-state index contributed by atoms with van der Waals surface area (Å²) in [7, 11) is -3.78. The van der Waals surface area contributed by atoms with E-state index in [1.54, 1.807) is 18.2 Å². The van der Waals surface area contributed by atoms with E-state index in [2.05, 4.69) is 9.97 Å². The molecule has 1 aromatic heterocycles. The van der Waals surface area contributed by atoms with E-state index < -0.39 is 57.6 Å². The number of nitrogens with one attached hydrogen (secondary N) is 1. The summed E-state index contributed by atoms with van der Waals surface area (Å²) in [6.07, 6.45) is -4.20. The number of amides is 1. The first kappa shape index (κ1) is 25.2. The largest absolute Gasteiger partial charge is 0.438 e. The molecule has 7 nitrogen and oxygen atoms in total. The molecule has 2 aromatic rings. The van der Waals surface area contributed by atoms with Gasteiger partial charge in [-0.15, -0.1) is 0 Å². The molecule has 32 heavy (non-hydrogen) atoms. The number of para-hydroxylation sites is 1. The number of rotatable bonds is 8. The minimum absolute atomic E-state index is 0.120. The highest BCUT2D eigenvalue weighted by atomic mass is 32.2. The molecule has 0 bridgehead atoms. The molecule has 0 aliphatic heterocycles. The van der Waals surface area contributed by atoms with Crippen molar-refractivity contribution in [3.05, 3.63) is 59.4 Å². The van der Waals surface area contributed by atoms with E-state index in [9.17, 15) is 35.2 Å². The Morgan fingerprint density at radius 2 is 1.81 bits per heavy atom. The average molecular weight is 479 g/mol. The Balaban J connectivity index is 2.41. The molecule has 0 saturated heterocycles. The lowest BCUT2D eigenvalue weighted by Crippen LogP contribution is -2.37. The van der Waals surface area contributed by atoms with Crippen molar-refractivity contribution in [2.45, 2.75) is 31.5 Å². The van der Waals surface area contributed by atoms with Crippen LogP contribution < -0.4 is 10.1 Å². The van der Waals surface area contributed by atoms with Crippen LogP contribution in [0.1, 0.15) is 29.5 Å². The van der Waals surface area contributed by atoms with Gasteiger partial charge in [0.25, 0.3) is 5.91 Å². The van der Waals surface area contributed by atoms with E-state index in [0.29, 0.717) is 24.6 Å². The van der Waals surface area contributed by atoms with Crippen LogP contribution in [-0.2, 0) is 15.8 Å². The van der Waals surface area contributed by atoms with Crippen LogP contribution in [0.3, 0.4) is 0 Å². The Kier molecular flexibility index (Phi) is 7.54.